The van der Waals surface area contributed by atoms with Crippen molar-refractivity contribution in [1.82, 2.24) is 4.98 Å². The van der Waals surface area contributed by atoms with Crippen LogP contribution in [0.15, 0.2) is 60.7 Å². The topological polar surface area (TPSA) is 39.2 Å². The lowest BCUT2D eigenvalue weighted by molar-refractivity contribution is 0.0717. The molecule has 21 heavy (non-hydrogen) atoms. The van der Waals surface area contributed by atoms with Gasteiger partial charge < -0.3 is 4.74 Å². The van der Waals surface area contributed by atoms with Crippen molar-refractivity contribution < 1.29 is 9.53 Å². The maximum atomic E-state index is 11.8. The third-order valence-electron chi connectivity index (χ3n) is 3.51. The zero-order valence-corrected chi connectivity index (χ0v) is 11.1. The molecule has 0 amide bonds. The smallest absolute Gasteiger partial charge is 0.344 e. The van der Waals surface area contributed by atoms with Crippen molar-refractivity contribution in [2.75, 3.05) is 0 Å². The lowest BCUT2D eigenvalue weighted by Crippen LogP contribution is -1.92. The molecule has 0 fully saturated rings. The Bertz CT molecular complexity index is 896. The van der Waals surface area contributed by atoms with Gasteiger partial charge in [0.15, 0.2) is 0 Å². The largest absolute Gasteiger partial charge is 0.422 e. The molecule has 0 unspecified atom stereocenters. The van der Waals surface area contributed by atoms with Gasteiger partial charge in [0.2, 0.25) is 0 Å². The number of carbonyl (C=O) groups is 1. The van der Waals surface area contributed by atoms with Crippen molar-refractivity contribution >= 4 is 28.7 Å². The van der Waals surface area contributed by atoms with Crippen LogP contribution in [0.5, 0.6) is 0 Å². The van der Waals surface area contributed by atoms with Crippen molar-refractivity contribution in [1.29, 1.82) is 0 Å². The molecule has 1 aromatic heterocycles. The van der Waals surface area contributed by atoms with E-state index in [2.05, 4.69) is 4.98 Å². The van der Waals surface area contributed by atoms with Crippen LogP contribution in [0.25, 0.3) is 22.7 Å². The van der Waals surface area contributed by atoms with E-state index in [1.807, 2.05) is 54.6 Å². The number of pyridine rings is 1. The zero-order chi connectivity index (χ0) is 14.2. The number of rotatable bonds is 1. The van der Waals surface area contributed by atoms with Crippen LogP contribution < -0.4 is 0 Å². The lowest BCUT2D eigenvalue weighted by atomic mass is 10.1. The van der Waals surface area contributed by atoms with E-state index in [1.54, 1.807) is 12.1 Å². The minimum Gasteiger partial charge on any atom is -0.422 e. The summed E-state index contributed by atoms with van der Waals surface area (Å²) >= 11 is 0. The van der Waals surface area contributed by atoms with Crippen molar-refractivity contribution in [3.63, 3.8) is 0 Å². The van der Waals surface area contributed by atoms with Gasteiger partial charge in [-0.25, -0.2) is 9.78 Å². The van der Waals surface area contributed by atoms with Gasteiger partial charge in [-0.1, -0.05) is 42.5 Å². The van der Waals surface area contributed by atoms with Gasteiger partial charge in [0, 0.05) is 17.0 Å². The van der Waals surface area contributed by atoms with E-state index < -0.39 is 0 Å². The van der Waals surface area contributed by atoms with Crippen molar-refractivity contribution in [3.8, 4) is 0 Å². The van der Waals surface area contributed by atoms with Crippen molar-refractivity contribution in [2.24, 2.45) is 0 Å². The number of aromatic nitrogens is 1. The minimum atomic E-state index is -0.308. The molecule has 3 heteroatoms. The van der Waals surface area contributed by atoms with Crippen LogP contribution in [0.1, 0.15) is 21.6 Å². The number of fused-ring (bicyclic) bond motifs is 2. The van der Waals surface area contributed by atoms with E-state index in [1.165, 1.54) is 0 Å². The van der Waals surface area contributed by atoms with Gasteiger partial charge in [0.1, 0.15) is 5.76 Å². The molecular weight excluding hydrogens is 262 g/mol. The van der Waals surface area contributed by atoms with E-state index in [4.69, 9.17) is 4.74 Å². The van der Waals surface area contributed by atoms with Crippen LogP contribution in [0.3, 0.4) is 0 Å². The third kappa shape index (κ3) is 1.99. The number of hydrogen-bond donors (Lipinski definition) is 0. The molecule has 4 rings (SSSR count). The van der Waals surface area contributed by atoms with Crippen LogP contribution in [0, 0.1) is 0 Å². The Morgan fingerprint density at radius 3 is 2.52 bits per heavy atom. The fourth-order valence-electron chi connectivity index (χ4n) is 2.49. The highest BCUT2D eigenvalue weighted by Gasteiger charge is 2.25. The summed E-state index contributed by atoms with van der Waals surface area (Å²) in [6.45, 7) is 0. The summed E-state index contributed by atoms with van der Waals surface area (Å²) in [6.07, 6.45) is 1.80. The number of para-hydroxylation sites is 1. The number of nitrogens with zero attached hydrogens (tertiary/aromatic N) is 1. The van der Waals surface area contributed by atoms with Crippen LogP contribution in [0.2, 0.25) is 0 Å². The molecule has 1 aliphatic heterocycles. The number of carbonyl (C=O) groups excluding carboxylic acids is 1. The third-order valence-corrected chi connectivity index (χ3v) is 3.51. The summed E-state index contributed by atoms with van der Waals surface area (Å²) in [7, 11) is 0. The molecule has 0 aliphatic carbocycles. The number of benzene rings is 2. The average molecular weight is 273 g/mol. The molecular formula is C18H11NO2. The van der Waals surface area contributed by atoms with Gasteiger partial charge in [-0.3, -0.25) is 0 Å². The Balaban J connectivity index is 1.82. The highest BCUT2D eigenvalue weighted by atomic mass is 16.5. The SMILES string of the molecule is O=C1O/C(=C\c2ccc3ccccc3n2)c2ccccc21. The molecule has 100 valence electrons. The highest BCUT2D eigenvalue weighted by Crippen LogP contribution is 2.30. The molecule has 0 saturated heterocycles. The second kappa shape index (κ2) is 4.56. The molecule has 2 aromatic carbocycles. The summed E-state index contributed by atoms with van der Waals surface area (Å²) in [4.78, 5) is 16.4. The second-order valence-electron chi connectivity index (χ2n) is 4.87. The standard InChI is InChI=1S/C18H11NO2/c20-18-15-7-3-2-6-14(15)17(21-18)11-13-10-9-12-5-1-4-8-16(12)19-13/h1-11H/b17-11-. The fourth-order valence-corrected chi connectivity index (χ4v) is 2.49. The predicted octanol–water partition coefficient (Wildman–Crippen LogP) is 3.90. The first-order valence-electron chi connectivity index (χ1n) is 6.70. The first-order chi connectivity index (χ1) is 10.3. The van der Waals surface area contributed by atoms with Gasteiger partial charge in [-0.15, -0.1) is 0 Å². The van der Waals surface area contributed by atoms with Crippen LogP contribution in [0.4, 0.5) is 0 Å². The van der Waals surface area contributed by atoms with E-state index in [9.17, 15) is 4.79 Å². The van der Waals surface area contributed by atoms with Gasteiger partial charge >= 0.3 is 5.97 Å². The molecule has 1 aliphatic rings. The van der Waals surface area contributed by atoms with E-state index in [-0.39, 0.29) is 5.97 Å². The van der Waals surface area contributed by atoms with E-state index in [0.717, 1.165) is 22.2 Å². The van der Waals surface area contributed by atoms with Crippen molar-refractivity contribution in [3.05, 3.63) is 77.5 Å². The molecule has 0 saturated carbocycles. The van der Waals surface area contributed by atoms with E-state index in [0.29, 0.717) is 11.3 Å². The van der Waals surface area contributed by atoms with Crippen LogP contribution in [-0.4, -0.2) is 11.0 Å². The monoisotopic (exact) mass is 273 g/mol. The van der Waals surface area contributed by atoms with Gasteiger partial charge in [0.25, 0.3) is 0 Å². The maximum absolute atomic E-state index is 11.8. The Kier molecular flexibility index (Phi) is 2.57. The minimum absolute atomic E-state index is 0.308. The molecule has 3 aromatic rings. The summed E-state index contributed by atoms with van der Waals surface area (Å²) < 4.78 is 5.33. The predicted molar refractivity (Wildman–Crippen MR) is 81.5 cm³/mol. The molecule has 0 spiro atoms. The second-order valence-corrected chi connectivity index (χ2v) is 4.87. The number of ether oxygens (including phenoxy) is 1. The number of hydrogen-bond acceptors (Lipinski definition) is 3. The van der Waals surface area contributed by atoms with Gasteiger partial charge in [-0.05, 0) is 18.2 Å². The first kappa shape index (κ1) is 11.9. The normalized spacial score (nSPS) is 15.2. The van der Waals surface area contributed by atoms with Gasteiger partial charge in [0.05, 0.1) is 16.8 Å². The molecule has 0 bridgehead atoms. The molecule has 0 N–H and O–H groups in total. The zero-order valence-electron chi connectivity index (χ0n) is 11.1. The van der Waals surface area contributed by atoms with Gasteiger partial charge in [-0.2, -0.15) is 0 Å². The molecule has 2 heterocycles. The Morgan fingerprint density at radius 1 is 0.857 bits per heavy atom. The Morgan fingerprint density at radius 2 is 1.62 bits per heavy atom. The average Bonchev–Trinajstić information content (AvgIpc) is 2.84. The molecule has 3 nitrogen and oxygen atoms in total. The van der Waals surface area contributed by atoms with Crippen LogP contribution >= 0.6 is 0 Å². The number of esters is 1. The van der Waals surface area contributed by atoms with Crippen molar-refractivity contribution in [2.45, 2.75) is 0 Å². The lowest BCUT2D eigenvalue weighted by Gasteiger charge is -2.01. The van der Waals surface area contributed by atoms with Crippen LogP contribution in [-0.2, 0) is 4.74 Å². The first-order valence-corrected chi connectivity index (χ1v) is 6.70. The maximum Gasteiger partial charge on any atom is 0.344 e. The summed E-state index contributed by atoms with van der Waals surface area (Å²) in [6, 6.07) is 19.2. The summed E-state index contributed by atoms with van der Waals surface area (Å²) in [5.41, 5.74) is 3.11. The highest BCUT2D eigenvalue weighted by molar-refractivity contribution is 6.05. The Hall–Kier alpha value is -2.94. The van der Waals surface area contributed by atoms with E-state index >= 15 is 0 Å². The fraction of sp³-hybridized carbons (Fsp3) is 0. The summed E-state index contributed by atoms with van der Waals surface area (Å²) in [5.74, 6) is 0.246. The quantitative estimate of drug-likeness (QED) is 0.631. The number of cyclic esters (lactones) is 1. The Labute approximate surface area is 121 Å². The summed E-state index contributed by atoms with van der Waals surface area (Å²) in [5, 5.41) is 1.09. The molecule has 0 atom stereocenters. The molecule has 0 radical (unpaired) electrons.